The molecule has 0 radical (unpaired) electrons. The molecule has 0 fully saturated rings. The molecule has 0 amide bonds. The van der Waals surface area contributed by atoms with E-state index in [2.05, 4.69) is 4.74 Å². The summed E-state index contributed by atoms with van der Waals surface area (Å²) in [6.07, 6.45) is -1.71. The molecule has 202 valence electrons. The molecule has 0 N–H and O–H groups in total. The van der Waals surface area contributed by atoms with Crippen molar-refractivity contribution in [3.63, 3.8) is 0 Å². The van der Waals surface area contributed by atoms with Crippen LogP contribution in [0.15, 0.2) is 23.8 Å². The monoisotopic (exact) mass is 550 g/mol. The van der Waals surface area contributed by atoms with E-state index in [0.29, 0.717) is 0 Å². The van der Waals surface area contributed by atoms with Crippen LogP contribution in [0.2, 0.25) is 0 Å². The molecular weight excluding hydrogens is 540 g/mol. The number of fused-ring (bicyclic) bond motifs is 2. The van der Waals surface area contributed by atoms with Gasteiger partial charge in [-0.05, 0) is 12.3 Å². The largest absolute Gasteiger partial charge is 0.456 e. The third kappa shape index (κ3) is 3.94. The van der Waals surface area contributed by atoms with E-state index in [1.54, 1.807) is 0 Å². The molecule has 0 aromatic heterocycles. The normalized spacial score (nSPS) is 22.1. The van der Waals surface area contributed by atoms with Gasteiger partial charge < -0.3 is 4.74 Å². The Morgan fingerprint density at radius 2 is 1.23 bits per heavy atom. The van der Waals surface area contributed by atoms with Crippen LogP contribution in [-0.4, -0.2) is 60.5 Å². The number of carbonyl (C=O) groups excluding carboxylic acids is 1. The van der Waals surface area contributed by atoms with Gasteiger partial charge in [0.05, 0.1) is 0 Å². The standard InChI is InChI=1S/C17H10F16O2/c18-10(19)12(22,23)14(26,27)16(30,31)17(32,33)15(28,29)13(24,25)11(20,21)5-35-9(34)8-4-6-1-2-7(8)3-6/h1-2,4,6-7,10H,3,5H2. The highest BCUT2D eigenvalue weighted by Crippen LogP contribution is 2.62. The number of carbonyl (C=O) groups is 1. The van der Waals surface area contributed by atoms with Crippen molar-refractivity contribution in [3.8, 4) is 0 Å². The van der Waals surface area contributed by atoms with Crippen molar-refractivity contribution in [3.05, 3.63) is 23.8 Å². The van der Waals surface area contributed by atoms with Gasteiger partial charge in [-0.1, -0.05) is 18.2 Å². The van der Waals surface area contributed by atoms with Crippen LogP contribution in [0.4, 0.5) is 70.2 Å². The highest BCUT2D eigenvalue weighted by molar-refractivity contribution is 5.90. The minimum Gasteiger partial charge on any atom is -0.456 e. The lowest BCUT2D eigenvalue weighted by Gasteiger charge is -2.42. The Hall–Kier alpha value is -2.17. The van der Waals surface area contributed by atoms with Gasteiger partial charge in [-0.3, -0.25) is 0 Å². The van der Waals surface area contributed by atoms with E-state index in [9.17, 15) is 75.0 Å². The predicted molar refractivity (Wildman–Crippen MR) is 80.4 cm³/mol. The lowest BCUT2D eigenvalue weighted by Crippen LogP contribution is -2.74. The van der Waals surface area contributed by atoms with E-state index in [0.717, 1.165) is 6.08 Å². The quantitative estimate of drug-likeness (QED) is 0.180. The topological polar surface area (TPSA) is 26.3 Å². The lowest BCUT2D eigenvalue weighted by molar-refractivity contribution is -0.447. The van der Waals surface area contributed by atoms with Gasteiger partial charge in [-0.2, -0.15) is 61.5 Å². The van der Waals surface area contributed by atoms with Gasteiger partial charge in [0, 0.05) is 11.5 Å². The smallest absolute Gasteiger partial charge is 0.385 e. The Bertz CT molecular complexity index is 904. The Kier molecular flexibility index (Phi) is 6.79. The minimum absolute atomic E-state index is 0.216. The minimum atomic E-state index is -8.48. The fraction of sp³-hybridized carbons (Fsp3) is 0.706. The summed E-state index contributed by atoms with van der Waals surface area (Å²) in [4.78, 5) is 11.7. The van der Waals surface area contributed by atoms with Gasteiger partial charge in [0.25, 0.3) is 0 Å². The number of allylic oxidation sites excluding steroid dienone is 3. The zero-order valence-corrected chi connectivity index (χ0v) is 16.2. The van der Waals surface area contributed by atoms with Crippen LogP contribution in [0.1, 0.15) is 6.42 Å². The van der Waals surface area contributed by atoms with E-state index >= 15 is 0 Å². The van der Waals surface area contributed by atoms with Crippen LogP contribution < -0.4 is 0 Å². The number of alkyl halides is 16. The number of rotatable bonds is 10. The molecular formula is C17H10F16O2. The molecule has 0 aromatic rings. The molecule has 0 aromatic carbocycles. The highest BCUT2D eigenvalue weighted by Gasteiger charge is 2.93. The molecule has 2 rings (SSSR count). The molecule has 2 nitrogen and oxygen atoms in total. The van der Waals surface area contributed by atoms with Crippen LogP contribution in [0.3, 0.4) is 0 Å². The molecule has 18 heteroatoms. The van der Waals surface area contributed by atoms with Crippen molar-refractivity contribution in [2.75, 3.05) is 6.61 Å². The van der Waals surface area contributed by atoms with Gasteiger partial charge >= 0.3 is 53.9 Å². The molecule has 0 saturated heterocycles. The van der Waals surface area contributed by atoms with Gasteiger partial charge in [-0.25, -0.2) is 13.6 Å². The van der Waals surface area contributed by atoms with Crippen molar-refractivity contribution in [1.82, 2.24) is 0 Å². The Balaban J connectivity index is 2.34. The summed E-state index contributed by atoms with van der Waals surface area (Å²) in [6, 6.07) is 0. The number of hydrogen-bond donors (Lipinski definition) is 0. The van der Waals surface area contributed by atoms with Crippen molar-refractivity contribution in [2.24, 2.45) is 11.8 Å². The first-order valence-electron chi connectivity index (χ1n) is 8.90. The molecule has 0 spiro atoms. The number of hydrogen-bond acceptors (Lipinski definition) is 2. The molecule has 2 atom stereocenters. The van der Waals surface area contributed by atoms with E-state index in [1.165, 1.54) is 12.2 Å². The summed E-state index contributed by atoms with van der Waals surface area (Å²) < 4.78 is 215. The third-order valence-corrected chi connectivity index (χ3v) is 5.26. The van der Waals surface area contributed by atoms with E-state index in [1.807, 2.05) is 0 Å². The van der Waals surface area contributed by atoms with Crippen molar-refractivity contribution >= 4 is 5.97 Å². The van der Waals surface area contributed by atoms with Crippen molar-refractivity contribution < 1.29 is 79.8 Å². The van der Waals surface area contributed by atoms with Crippen LogP contribution >= 0.6 is 0 Å². The second-order valence-corrected chi connectivity index (χ2v) is 7.59. The van der Waals surface area contributed by atoms with E-state index in [4.69, 9.17) is 0 Å². The summed E-state index contributed by atoms with van der Waals surface area (Å²) >= 11 is 0. The second-order valence-electron chi connectivity index (χ2n) is 7.59. The van der Waals surface area contributed by atoms with E-state index in [-0.39, 0.29) is 6.42 Å². The lowest BCUT2D eigenvalue weighted by atomic mass is 9.89. The number of esters is 1. The maximum Gasteiger partial charge on any atom is 0.385 e. The molecule has 0 aliphatic heterocycles. The maximum absolute atomic E-state index is 13.7. The molecule has 2 bridgehead atoms. The molecule has 2 unspecified atom stereocenters. The fourth-order valence-corrected chi connectivity index (χ4v) is 3.15. The Morgan fingerprint density at radius 1 is 0.771 bits per heavy atom. The van der Waals surface area contributed by atoms with Gasteiger partial charge in [-0.15, -0.1) is 0 Å². The predicted octanol–water partition coefficient (Wildman–Crippen LogP) is 6.37. The second kappa shape index (κ2) is 8.18. The van der Waals surface area contributed by atoms with Crippen LogP contribution in [0, 0.1) is 11.8 Å². The van der Waals surface area contributed by atoms with Crippen LogP contribution in [-0.2, 0) is 9.53 Å². The average molecular weight is 550 g/mol. The van der Waals surface area contributed by atoms with Gasteiger partial charge in [0.1, 0.15) is 0 Å². The van der Waals surface area contributed by atoms with E-state index < -0.39 is 77.9 Å². The third-order valence-electron chi connectivity index (χ3n) is 5.26. The zero-order chi connectivity index (χ0) is 27.6. The highest BCUT2D eigenvalue weighted by atomic mass is 19.4. The SMILES string of the molecule is O=C(OCC(F)(F)C(F)(F)C(F)(F)C(F)(F)C(F)(F)C(F)(F)C(F)(F)C(F)F)C1=CC2C=CC1C2. The fourth-order valence-electron chi connectivity index (χ4n) is 3.15. The molecule has 0 saturated carbocycles. The molecule has 2 aliphatic rings. The summed E-state index contributed by atoms with van der Waals surface area (Å²) in [7, 11) is 0. The number of halogens is 16. The van der Waals surface area contributed by atoms with Crippen molar-refractivity contribution in [1.29, 1.82) is 0 Å². The average Bonchev–Trinajstić information content (AvgIpc) is 3.34. The Morgan fingerprint density at radius 3 is 1.63 bits per heavy atom. The van der Waals surface area contributed by atoms with Crippen LogP contribution in [0.25, 0.3) is 0 Å². The molecule has 0 heterocycles. The molecule has 35 heavy (non-hydrogen) atoms. The Labute approximate surface area is 183 Å². The van der Waals surface area contributed by atoms with Crippen molar-refractivity contribution in [2.45, 2.75) is 54.3 Å². The summed E-state index contributed by atoms with van der Waals surface area (Å²) in [5, 5.41) is 0. The molecule has 2 aliphatic carbocycles. The first kappa shape index (κ1) is 29.1. The summed E-state index contributed by atoms with van der Waals surface area (Å²) in [5.41, 5.74) is -0.422. The summed E-state index contributed by atoms with van der Waals surface area (Å²) in [5.74, 6) is -58.3. The van der Waals surface area contributed by atoms with Gasteiger partial charge in [0.15, 0.2) is 6.61 Å². The first-order valence-corrected chi connectivity index (χ1v) is 8.90. The maximum atomic E-state index is 13.7. The van der Waals surface area contributed by atoms with Gasteiger partial charge in [0.2, 0.25) is 0 Å². The first-order chi connectivity index (χ1) is 15.4. The van der Waals surface area contributed by atoms with Crippen LogP contribution in [0.5, 0.6) is 0 Å². The zero-order valence-electron chi connectivity index (χ0n) is 16.2. The summed E-state index contributed by atoms with van der Waals surface area (Å²) in [6.45, 7) is -3.17. The number of ether oxygens (including phenoxy) is 1.